The van der Waals surface area contributed by atoms with Gasteiger partial charge in [-0.15, -0.1) is 0 Å². The van der Waals surface area contributed by atoms with Crippen LogP contribution < -0.4 is 26.8 Å². The lowest BCUT2D eigenvalue weighted by molar-refractivity contribution is -0.120. The molecule has 10 heteroatoms. The minimum Gasteiger partial charge on any atom is -0.389 e. The molecule has 1 aromatic heterocycles. The number of anilines is 1. The molecule has 0 aromatic carbocycles. The van der Waals surface area contributed by atoms with Gasteiger partial charge >= 0.3 is 0 Å². The lowest BCUT2D eigenvalue weighted by Gasteiger charge is -2.19. The molecule has 0 saturated heterocycles. The molecule has 2 heterocycles. The Bertz CT molecular complexity index is 905. The highest BCUT2D eigenvalue weighted by molar-refractivity contribution is 5.99. The van der Waals surface area contributed by atoms with E-state index < -0.39 is 17.6 Å². The van der Waals surface area contributed by atoms with Crippen molar-refractivity contribution in [1.82, 2.24) is 20.9 Å². The highest BCUT2D eigenvalue weighted by atomic mass is 16.3. The van der Waals surface area contributed by atoms with E-state index in [0.717, 1.165) is 5.57 Å². The lowest BCUT2D eigenvalue weighted by atomic mass is 10.0. The number of aromatic amines is 1. The Morgan fingerprint density at radius 3 is 2.83 bits per heavy atom. The van der Waals surface area contributed by atoms with E-state index in [4.69, 9.17) is 0 Å². The number of carbonyl (C=O) groups excluding carboxylic acids is 2. The number of hydrogen-bond acceptors (Lipinski definition) is 7. The fourth-order valence-electron chi connectivity index (χ4n) is 2.84. The first kappa shape index (κ1) is 22.9. The lowest BCUT2D eigenvalue weighted by Crippen LogP contribution is -2.43. The van der Waals surface area contributed by atoms with Crippen molar-refractivity contribution in [3.8, 4) is 0 Å². The van der Waals surface area contributed by atoms with Crippen LogP contribution >= 0.6 is 0 Å². The van der Waals surface area contributed by atoms with E-state index in [0.29, 0.717) is 18.9 Å². The van der Waals surface area contributed by atoms with Gasteiger partial charge in [0.25, 0.3) is 11.5 Å². The predicted octanol–water partition coefficient (Wildman–Crippen LogP) is -0.136. The van der Waals surface area contributed by atoms with Crippen LogP contribution in [0.15, 0.2) is 46.4 Å². The van der Waals surface area contributed by atoms with Crippen LogP contribution in [0.25, 0.3) is 0 Å². The Hall–Kier alpha value is -3.40. The Labute approximate surface area is 174 Å². The number of hydrogen-bond donors (Lipinski definition) is 6. The van der Waals surface area contributed by atoms with Gasteiger partial charge in [-0.3, -0.25) is 19.4 Å². The minimum atomic E-state index is -0.584. The highest BCUT2D eigenvalue weighted by Crippen LogP contribution is 2.07. The highest BCUT2D eigenvalue weighted by Gasteiger charge is 2.16. The number of aliphatic imine (C=N–C) groups is 1. The number of aliphatic hydroxyl groups is 1. The van der Waals surface area contributed by atoms with Crippen LogP contribution in [0.2, 0.25) is 0 Å². The van der Waals surface area contributed by atoms with Gasteiger partial charge in [-0.25, -0.2) is 0 Å². The molecule has 1 aliphatic heterocycles. The summed E-state index contributed by atoms with van der Waals surface area (Å²) >= 11 is 0. The van der Waals surface area contributed by atoms with Gasteiger partial charge in [0.05, 0.1) is 30.8 Å². The van der Waals surface area contributed by atoms with Crippen molar-refractivity contribution < 1.29 is 14.7 Å². The summed E-state index contributed by atoms with van der Waals surface area (Å²) < 4.78 is 0. The monoisotopic (exact) mass is 416 g/mol. The molecule has 0 spiro atoms. The van der Waals surface area contributed by atoms with Crippen LogP contribution in [-0.2, 0) is 4.79 Å². The third-order valence-electron chi connectivity index (χ3n) is 4.51. The number of allylic oxidation sites excluding steroid dienone is 1. The quantitative estimate of drug-likeness (QED) is 0.325. The maximum absolute atomic E-state index is 12.4. The molecule has 2 amide bonds. The number of β-amino-alcohol motifs (C(OH)–C–C–N with tert-alkyl or cyclic N) is 1. The third kappa shape index (κ3) is 6.31. The van der Waals surface area contributed by atoms with Gasteiger partial charge in [-0.2, -0.15) is 0 Å². The Balaban J connectivity index is 1.97. The summed E-state index contributed by atoms with van der Waals surface area (Å²) in [6, 6.07) is 1.19. The first-order valence-electron chi connectivity index (χ1n) is 9.70. The topological polar surface area (TPSA) is 148 Å². The molecular weight excluding hydrogens is 388 g/mol. The molecule has 1 unspecified atom stereocenters. The first-order chi connectivity index (χ1) is 14.4. The van der Waals surface area contributed by atoms with E-state index in [1.54, 1.807) is 6.08 Å². The second kappa shape index (κ2) is 11.0. The van der Waals surface area contributed by atoms with Crippen LogP contribution in [0, 0.1) is 0 Å². The van der Waals surface area contributed by atoms with E-state index in [1.165, 1.54) is 12.3 Å². The third-order valence-corrected chi connectivity index (χ3v) is 4.51. The molecule has 1 aliphatic rings. The summed E-state index contributed by atoms with van der Waals surface area (Å²) in [7, 11) is 0. The number of rotatable bonds is 8. The van der Waals surface area contributed by atoms with Crippen molar-refractivity contribution in [2.45, 2.75) is 32.4 Å². The molecule has 1 aromatic rings. The fourth-order valence-corrected chi connectivity index (χ4v) is 2.84. The van der Waals surface area contributed by atoms with Crippen LogP contribution in [0.1, 0.15) is 30.6 Å². The normalized spacial score (nSPS) is 17.2. The summed E-state index contributed by atoms with van der Waals surface area (Å²) in [6.45, 7) is 7.85. The van der Waals surface area contributed by atoms with Gasteiger partial charge in [0.15, 0.2) is 5.96 Å². The molecule has 6 N–H and O–H groups in total. The van der Waals surface area contributed by atoms with Gasteiger partial charge < -0.3 is 31.4 Å². The fraction of sp³-hybridized carbons (Fsp3) is 0.400. The van der Waals surface area contributed by atoms with Gasteiger partial charge in [-0.1, -0.05) is 25.7 Å². The number of nitrogens with one attached hydrogen (secondary N) is 5. The number of nitrogens with zero attached hydrogens (tertiary/aromatic N) is 1. The van der Waals surface area contributed by atoms with Gasteiger partial charge in [0.1, 0.15) is 5.69 Å². The molecule has 0 radical (unpaired) electrons. The van der Waals surface area contributed by atoms with Crippen molar-refractivity contribution in [3.05, 3.63) is 52.5 Å². The largest absolute Gasteiger partial charge is 0.389 e. The van der Waals surface area contributed by atoms with Crippen molar-refractivity contribution in [2.24, 2.45) is 4.99 Å². The summed E-state index contributed by atoms with van der Waals surface area (Å²) in [5, 5.41) is 20.5. The number of H-pyrrole nitrogens is 1. The molecule has 2 atom stereocenters. The van der Waals surface area contributed by atoms with E-state index in [9.17, 15) is 19.5 Å². The van der Waals surface area contributed by atoms with E-state index in [-0.39, 0.29) is 36.3 Å². The molecule has 30 heavy (non-hydrogen) atoms. The summed E-state index contributed by atoms with van der Waals surface area (Å²) in [6.07, 6.45) is 4.94. The average Bonchev–Trinajstić information content (AvgIpc) is 2.75. The van der Waals surface area contributed by atoms with Gasteiger partial charge in [0, 0.05) is 12.7 Å². The average molecular weight is 416 g/mol. The van der Waals surface area contributed by atoms with Crippen molar-refractivity contribution in [3.63, 3.8) is 0 Å². The van der Waals surface area contributed by atoms with E-state index in [2.05, 4.69) is 37.8 Å². The second-order valence-corrected chi connectivity index (χ2v) is 6.68. The minimum absolute atomic E-state index is 0.115. The Kier molecular flexibility index (Phi) is 8.36. The molecule has 2 rings (SSSR count). The van der Waals surface area contributed by atoms with Crippen LogP contribution in [0.3, 0.4) is 0 Å². The molecule has 162 valence electrons. The molecule has 0 bridgehead atoms. The maximum atomic E-state index is 12.4. The summed E-state index contributed by atoms with van der Waals surface area (Å²) in [5.41, 5.74) is 0.757. The predicted molar refractivity (Wildman–Crippen MR) is 116 cm³/mol. The standard InChI is InChI=1S/C20H28N6O4/c1-4-12(5-2)15(6-3)25-17(28)11-22-18(29)13-7-16(19(30)21-8-13)26-20-23-9-14(27)10-24-20/h4-5,7-8,14-15,27H,1,6,9-11H2,2-3H3,(H,21,30)(H,22,29)(H,25,28)(H2,23,24,26)/b12-5+/t15-/m0/s1. The van der Waals surface area contributed by atoms with E-state index >= 15 is 0 Å². The summed E-state index contributed by atoms with van der Waals surface area (Å²) in [4.78, 5) is 43.2. The molecule has 0 saturated carbocycles. The molecule has 0 fully saturated rings. The molecule has 10 nitrogen and oxygen atoms in total. The number of aliphatic hydroxyl groups excluding tert-OH is 1. The van der Waals surface area contributed by atoms with Crippen LogP contribution in [0.5, 0.6) is 0 Å². The zero-order valence-corrected chi connectivity index (χ0v) is 17.1. The SMILES string of the molecule is C=C/C(=C\C)[C@H](CC)NC(=O)CNC(=O)c1c[nH]c(=O)c(NC2=NCC(O)CN2)c1. The van der Waals surface area contributed by atoms with E-state index in [1.807, 2.05) is 19.9 Å². The van der Waals surface area contributed by atoms with Crippen molar-refractivity contribution in [2.75, 3.05) is 25.0 Å². The molecular formula is C20H28N6O4. The van der Waals surface area contributed by atoms with Crippen molar-refractivity contribution in [1.29, 1.82) is 0 Å². The maximum Gasteiger partial charge on any atom is 0.271 e. The number of guanidine groups is 1. The summed E-state index contributed by atoms with van der Waals surface area (Å²) in [5.74, 6) is -0.518. The zero-order valence-electron chi connectivity index (χ0n) is 17.1. The number of amides is 2. The number of aromatic nitrogens is 1. The molecule has 0 aliphatic carbocycles. The zero-order chi connectivity index (χ0) is 22.1. The van der Waals surface area contributed by atoms with Gasteiger partial charge in [0.2, 0.25) is 5.91 Å². The second-order valence-electron chi connectivity index (χ2n) is 6.68. The smallest absolute Gasteiger partial charge is 0.271 e. The first-order valence-corrected chi connectivity index (χ1v) is 9.70. The van der Waals surface area contributed by atoms with Crippen LogP contribution in [0.4, 0.5) is 5.69 Å². The Morgan fingerprint density at radius 2 is 2.23 bits per heavy atom. The van der Waals surface area contributed by atoms with Gasteiger partial charge in [-0.05, 0) is 25.0 Å². The number of pyridine rings is 1. The number of carbonyl (C=O) groups is 2. The Morgan fingerprint density at radius 1 is 1.47 bits per heavy atom. The van der Waals surface area contributed by atoms with Crippen molar-refractivity contribution >= 4 is 23.5 Å². The van der Waals surface area contributed by atoms with Crippen LogP contribution in [-0.4, -0.2) is 59.6 Å².